The molecule has 0 spiro atoms. The minimum absolute atomic E-state index is 0.0872. The molecule has 0 aliphatic rings. The van der Waals surface area contributed by atoms with Crippen molar-refractivity contribution in [1.82, 2.24) is 19.9 Å². The molecule has 0 aliphatic heterocycles. The van der Waals surface area contributed by atoms with Gasteiger partial charge in [-0.2, -0.15) is 13.2 Å². The van der Waals surface area contributed by atoms with E-state index in [2.05, 4.69) is 15.4 Å². The van der Waals surface area contributed by atoms with Crippen molar-refractivity contribution in [2.75, 3.05) is 0 Å². The van der Waals surface area contributed by atoms with Crippen LogP contribution in [0.2, 0.25) is 0 Å². The molecule has 0 saturated carbocycles. The summed E-state index contributed by atoms with van der Waals surface area (Å²) in [7, 11) is 0. The number of aromatic nitrogens is 3. The molecule has 0 unspecified atom stereocenters. The maximum Gasteiger partial charge on any atom is 0.416 e. The molecule has 6 nitrogen and oxygen atoms in total. The number of hydrogen-bond acceptors (Lipinski definition) is 3. The Labute approximate surface area is 139 Å². The van der Waals surface area contributed by atoms with Gasteiger partial charge in [-0.1, -0.05) is 12.1 Å². The van der Waals surface area contributed by atoms with Gasteiger partial charge in [0.15, 0.2) is 5.65 Å². The first-order valence-electron chi connectivity index (χ1n) is 7.28. The standard InChI is InChI=1S/C16H13F3N4O2/c1-9-5-13(24)23-14(22-9)12(8-21-23)15(25)20-7-10-3-2-4-11(6-10)16(17,18)19/h2-6,8,21H,7H2,1H3,(H,20,25). The van der Waals surface area contributed by atoms with E-state index >= 15 is 0 Å². The van der Waals surface area contributed by atoms with Crippen LogP contribution in [-0.2, 0) is 12.7 Å². The minimum atomic E-state index is -4.44. The van der Waals surface area contributed by atoms with Crippen molar-refractivity contribution in [3.8, 4) is 0 Å². The van der Waals surface area contributed by atoms with Crippen LogP contribution in [0.4, 0.5) is 13.2 Å². The van der Waals surface area contributed by atoms with E-state index in [1.165, 1.54) is 24.4 Å². The number of alkyl halides is 3. The number of carbonyl (C=O) groups excluding carboxylic acids is 1. The Bertz CT molecular complexity index is 1000. The van der Waals surface area contributed by atoms with E-state index in [1.807, 2.05) is 0 Å². The highest BCUT2D eigenvalue weighted by Crippen LogP contribution is 2.29. The van der Waals surface area contributed by atoms with Gasteiger partial charge in [0.25, 0.3) is 11.5 Å². The lowest BCUT2D eigenvalue weighted by atomic mass is 10.1. The number of aromatic amines is 1. The van der Waals surface area contributed by atoms with Gasteiger partial charge in [-0.3, -0.25) is 14.7 Å². The molecule has 25 heavy (non-hydrogen) atoms. The Balaban J connectivity index is 1.81. The summed E-state index contributed by atoms with van der Waals surface area (Å²) in [6.07, 6.45) is -3.12. The number of carbonyl (C=O) groups is 1. The average Bonchev–Trinajstić information content (AvgIpc) is 2.96. The van der Waals surface area contributed by atoms with Crippen LogP contribution in [0.5, 0.6) is 0 Å². The number of H-pyrrole nitrogens is 1. The molecule has 9 heteroatoms. The van der Waals surface area contributed by atoms with Gasteiger partial charge < -0.3 is 5.32 Å². The number of nitrogens with zero attached hydrogens (tertiary/aromatic N) is 2. The molecule has 1 aromatic carbocycles. The third kappa shape index (κ3) is 3.39. The van der Waals surface area contributed by atoms with Crippen LogP contribution in [0.25, 0.3) is 5.65 Å². The SMILES string of the molecule is Cc1cc(=O)n2[nH]cc(C(=O)NCc3cccc(C(F)(F)F)c3)c2n1. The van der Waals surface area contributed by atoms with Gasteiger partial charge in [-0.25, -0.2) is 9.50 Å². The number of benzene rings is 1. The predicted octanol–water partition coefficient (Wildman–Crippen LogP) is 2.28. The number of hydrogen-bond donors (Lipinski definition) is 2. The summed E-state index contributed by atoms with van der Waals surface area (Å²) in [5.41, 5.74) is -0.0882. The molecule has 2 heterocycles. The highest BCUT2D eigenvalue weighted by atomic mass is 19.4. The lowest BCUT2D eigenvalue weighted by molar-refractivity contribution is -0.137. The normalized spacial score (nSPS) is 11.7. The molecule has 0 atom stereocenters. The lowest BCUT2D eigenvalue weighted by Crippen LogP contribution is -2.23. The summed E-state index contributed by atoms with van der Waals surface area (Å²) in [5, 5.41) is 5.15. The predicted molar refractivity (Wildman–Crippen MR) is 83.2 cm³/mol. The van der Waals surface area contributed by atoms with Gasteiger partial charge in [-0.15, -0.1) is 0 Å². The van der Waals surface area contributed by atoms with Gasteiger partial charge in [0.1, 0.15) is 5.56 Å². The second-order valence-corrected chi connectivity index (χ2v) is 5.46. The summed E-state index contributed by atoms with van der Waals surface area (Å²) in [6, 6.07) is 6.01. The molecule has 0 bridgehead atoms. The van der Waals surface area contributed by atoms with Gasteiger partial charge in [0.2, 0.25) is 0 Å². The summed E-state index contributed by atoms with van der Waals surface area (Å²) < 4.78 is 39.2. The number of halogens is 3. The van der Waals surface area contributed by atoms with Crippen molar-refractivity contribution < 1.29 is 18.0 Å². The van der Waals surface area contributed by atoms with Crippen molar-refractivity contribution in [2.24, 2.45) is 0 Å². The van der Waals surface area contributed by atoms with Crippen LogP contribution in [-0.4, -0.2) is 20.5 Å². The largest absolute Gasteiger partial charge is 0.416 e. The third-order valence-electron chi connectivity index (χ3n) is 3.58. The number of fused-ring (bicyclic) bond motifs is 1. The van der Waals surface area contributed by atoms with E-state index in [0.717, 1.165) is 16.6 Å². The van der Waals surface area contributed by atoms with Gasteiger partial charge in [0.05, 0.1) is 5.56 Å². The Morgan fingerprint density at radius 3 is 2.80 bits per heavy atom. The fraction of sp³-hybridized carbons (Fsp3) is 0.188. The van der Waals surface area contributed by atoms with E-state index in [0.29, 0.717) is 11.3 Å². The minimum Gasteiger partial charge on any atom is -0.348 e. The fourth-order valence-corrected chi connectivity index (χ4v) is 2.40. The van der Waals surface area contributed by atoms with Crippen molar-refractivity contribution in [2.45, 2.75) is 19.6 Å². The third-order valence-corrected chi connectivity index (χ3v) is 3.58. The Kier molecular flexibility index (Phi) is 4.07. The van der Waals surface area contributed by atoms with Crippen molar-refractivity contribution in [1.29, 1.82) is 0 Å². The highest BCUT2D eigenvalue weighted by Gasteiger charge is 2.30. The maximum absolute atomic E-state index is 12.7. The van der Waals surface area contributed by atoms with E-state index in [4.69, 9.17) is 0 Å². The van der Waals surface area contributed by atoms with Gasteiger partial charge in [0, 0.05) is 24.5 Å². The van der Waals surface area contributed by atoms with Gasteiger partial charge in [-0.05, 0) is 24.6 Å². The summed E-state index contributed by atoms with van der Waals surface area (Å²) in [6.45, 7) is 1.54. The van der Waals surface area contributed by atoms with Crippen molar-refractivity contribution in [3.05, 3.63) is 69.3 Å². The van der Waals surface area contributed by atoms with Crippen LogP contribution in [0, 0.1) is 6.92 Å². The van der Waals surface area contributed by atoms with E-state index in [-0.39, 0.29) is 23.3 Å². The van der Waals surface area contributed by atoms with Gasteiger partial charge >= 0.3 is 6.18 Å². The molecule has 2 aromatic heterocycles. The molecule has 2 N–H and O–H groups in total. The Morgan fingerprint density at radius 1 is 1.32 bits per heavy atom. The zero-order chi connectivity index (χ0) is 18.2. The average molecular weight is 350 g/mol. The number of rotatable bonds is 3. The second kappa shape index (κ2) is 6.08. The fourth-order valence-electron chi connectivity index (χ4n) is 2.40. The topological polar surface area (TPSA) is 79.3 Å². The van der Waals surface area contributed by atoms with Crippen LogP contribution in [0.15, 0.2) is 41.3 Å². The molecule has 1 amide bonds. The smallest absolute Gasteiger partial charge is 0.348 e. The first-order valence-corrected chi connectivity index (χ1v) is 7.28. The number of amides is 1. The monoisotopic (exact) mass is 350 g/mol. The zero-order valence-corrected chi connectivity index (χ0v) is 13.0. The molecule has 0 fully saturated rings. The second-order valence-electron chi connectivity index (χ2n) is 5.46. The van der Waals surface area contributed by atoms with Crippen molar-refractivity contribution in [3.63, 3.8) is 0 Å². The van der Waals surface area contributed by atoms with E-state index in [1.54, 1.807) is 6.92 Å². The van der Waals surface area contributed by atoms with E-state index in [9.17, 15) is 22.8 Å². The lowest BCUT2D eigenvalue weighted by Gasteiger charge is -2.09. The molecular formula is C16H13F3N4O2. The summed E-state index contributed by atoms with van der Waals surface area (Å²) in [5.74, 6) is -0.548. The zero-order valence-electron chi connectivity index (χ0n) is 13.0. The number of aryl methyl sites for hydroxylation is 1. The highest BCUT2D eigenvalue weighted by molar-refractivity contribution is 5.99. The molecule has 130 valence electrons. The maximum atomic E-state index is 12.7. The molecule has 0 saturated heterocycles. The summed E-state index contributed by atoms with van der Waals surface area (Å²) >= 11 is 0. The first-order chi connectivity index (χ1) is 11.8. The molecule has 3 aromatic rings. The first kappa shape index (κ1) is 16.7. The molecule has 0 radical (unpaired) electrons. The molecule has 3 rings (SSSR count). The Morgan fingerprint density at radius 2 is 2.08 bits per heavy atom. The van der Waals surface area contributed by atoms with Crippen molar-refractivity contribution >= 4 is 11.6 Å². The number of nitrogens with one attached hydrogen (secondary N) is 2. The van der Waals surface area contributed by atoms with E-state index < -0.39 is 17.6 Å². The molecule has 0 aliphatic carbocycles. The Hall–Kier alpha value is -3.10. The summed E-state index contributed by atoms with van der Waals surface area (Å²) in [4.78, 5) is 28.2. The molecular weight excluding hydrogens is 337 g/mol. The van der Waals surface area contributed by atoms with Crippen LogP contribution in [0.1, 0.15) is 27.2 Å². The van der Waals surface area contributed by atoms with Crippen LogP contribution in [0.3, 0.4) is 0 Å². The van der Waals surface area contributed by atoms with Crippen LogP contribution >= 0.6 is 0 Å². The quantitative estimate of drug-likeness (QED) is 0.761. The van der Waals surface area contributed by atoms with Crippen LogP contribution < -0.4 is 10.9 Å².